The molecule has 3 aromatic carbocycles. The molecule has 1 amide bonds. The van der Waals surface area contributed by atoms with Crippen LogP contribution in [0.3, 0.4) is 0 Å². The van der Waals surface area contributed by atoms with E-state index in [1.807, 2.05) is 66.7 Å². The molecule has 0 radical (unpaired) electrons. The lowest BCUT2D eigenvalue weighted by atomic mass is 9.80. The highest BCUT2D eigenvalue weighted by atomic mass is 16.5. The van der Waals surface area contributed by atoms with Crippen molar-refractivity contribution in [2.24, 2.45) is 0 Å². The average Bonchev–Trinajstić information content (AvgIpc) is 3.10. The Morgan fingerprint density at radius 2 is 1.63 bits per heavy atom. The second kappa shape index (κ2) is 9.13. The lowest BCUT2D eigenvalue weighted by Crippen LogP contribution is -2.27. The molecule has 1 aliphatic rings. The number of hydrogen-bond donors (Lipinski definition) is 3. The molecule has 1 heterocycles. The highest BCUT2D eigenvalue weighted by Gasteiger charge is 2.27. The first kappa shape index (κ1) is 20.2. The number of ether oxygens (including phenoxy) is 1. The minimum Gasteiger partial charge on any atom is -0.457 e. The molecule has 6 nitrogen and oxygen atoms in total. The Morgan fingerprint density at radius 1 is 1.00 bits per heavy atom. The predicted octanol–water partition coefficient (Wildman–Crippen LogP) is 2.94. The van der Waals surface area contributed by atoms with Crippen LogP contribution in [0.1, 0.15) is 23.6 Å². The van der Waals surface area contributed by atoms with Gasteiger partial charge in [0.05, 0.1) is 6.61 Å². The third-order valence-corrected chi connectivity index (χ3v) is 4.87. The molecule has 0 bridgehead atoms. The number of amides is 1. The van der Waals surface area contributed by atoms with E-state index in [-0.39, 0.29) is 5.91 Å². The first-order valence-electron chi connectivity index (χ1n) is 9.83. The Kier molecular flexibility index (Phi) is 6.14. The fraction of sp³-hybridized carbons (Fsp3) is 0.174. The predicted molar refractivity (Wildman–Crippen MR) is 117 cm³/mol. The highest BCUT2D eigenvalue weighted by molar-refractivity contribution is 6.61. The fourth-order valence-electron chi connectivity index (χ4n) is 3.34. The summed E-state index contributed by atoms with van der Waals surface area (Å²) in [6.07, 6.45) is 0. The van der Waals surface area contributed by atoms with Crippen LogP contribution in [0.5, 0.6) is 11.5 Å². The number of nitrogens with one attached hydrogen (secondary N) is 2. The Balaban J connectivity index is 1.27. The van der Waals surface area contributed by atoms with E-state index in [0.717, 1.165) is 52.4 Å². The number of carbonyl (C=O) groups is 1. The van der Waals surface area contributed by atoms with Gasteiger partial charge in [0.15, 0.2) is 0 Å². The molecule has 0 saturated carbocycles. The molecule has 0 aliphatic carbocycles. The zero-order chi connectivity index (χ0) is 20.9. The third-order valence-electron chi connectivity index (χ3n) is 4.87. The summed E-state index contributed by atoms with van der Waals surface area (Å²) in [6.45, 7) is 3.37. The molecule has 1 aliphatic heterocycles. The van der Waals surface area contributed by atoms with Crippen molar-refractivity contribution in [2.45, 2.75) is 26.6 Å². The smallest absolute Gasteiger partial charge is 0.457 e. The fourth-order valence-corrected chi connectivity index (χ4v) is 3.34. The van der Waals surface area contributed by atoms with E-state index in [2.05, 4.69) is 10.6 Å². The van der Waals surface area contributed by atoms with Gasteiger partial charge >= 0.3 is 7.12 Å². The van der Waals surface area contributed by atoms with E-state index in [1.54, 1.807) is 0 Å². The van der Waals surface area contributed by atoms with Crippen LogP contribution in [0, 0.1) is 0 Å². The van der Waals surface area contributed by atoms with Crippen molar-refractivity contribution in [1.29, 1.82) is 0 Å². The van der Waals surface area contributed by atoms with Crippen LogP contribution < -0.4 is 20.8 Å². The summed E-state index contributed by atoms with van der Waals surface area (Å²) in [5.41, 5.74) is 4.85. The summed E-state index contributed by atoms with van der Waals surface area (Å²) >= 11 is 0. The lowest BCUT2D eigenvalue weighted by Gasteiger charge is -2.09. The van der Waals surface area contributed by atoms with Gasteiger partial charge < -0.3 is 25.0 Å². The molecule has 0 saturated heterocycles. The number of rotatable bonds is 7. The summed E-state index contributed by atoms with van der Waals surface area (Å²) in [5.74, 6) is 1.41. The molecule has 0 aromatic heterocycles. The number of anilines is 1. The minimum absolute atomic E-state index is 0.0720. The average molecular weight is 402 g/mol. The first-order chi connectivity index (χ1) is 14.6. The second-order valence-electron chi connectivity index (χ2n) is 7.25. The molecule has 7 heteroatoms. The molecule has 30 heavy (non-hydrogen) atoms. The van der Waals surface area contributed by atoms with Gasteiger partial charge in [-0.1, -0.05) is 30.3 Å². The maximum absolute atomic E-state index is 11.1. The molecule has 0 unspecified atom stereocenters. The van der Waals surface area contributed by atoms with Gasteiger partial charge in [-0.15, -0.1) is 0 Å². The summed E-state index contributed by atoms with van der Waals surface area (Å²) in [5, 5.41) is 15.9. The number of carbonyl (C=O) groups excluding carboxylic acids is 1. The van der Waals surface area contributed by atoms with Gasteiger partial charge in [-0.25, -0.2) is 0 Å². The molecule has 0 spiro atoms. The van der Waals surface area contributed by atoms with Gasteiger partial charge in [0, 0.05) is 25.7 Å². The molecule has 3 aromatic rings. The minimum atomic E-state index is -0.837. The summed E-state index contributed by atoms with van der Waals surface area (Å²) < 4.78 is 11.1. The van der Waals surface area contributed by atoms with Gasteiger partial charge in [-0.2, -0.15) is 0 Å². The van der Waals surface area contributed by atoms with Crippen molar-refractivity contribution in [2.75, 3.05) is 5.32 Å². The second-order valence-corrected chi connectivity index (χ2v) is 7.25. The van der Waals surface area contributed by atoms with Crippen molar-refractivity contribution >= 4 is 24.2 Å². The van der Waals surface area contributed by atoms with E-state index < -0.39 is 7.12 Å². The Morgan fingerprint density at radius 3 is 2.30 bits per heavy atom. The summed E-state index contributed by atoms with van der Waals surface area (Å²) in [7, 11) is -0.837. The quantitative estimate of drug-likeness (QED) is 0.530. The monoisotopic (exact) mass is 402 g/mol. The Hall–Kier alpha value is -3.13. The number of fused-ring (bicyclic) bond motifs is 1. The normalized spacial score (nSPS) is 12.5. The van der Waals surface area contributed by atoms with Crippen LogP contribution in [0.25, 0.3) is 0 Å². The maximum atomic E-state index is 11.1. The zero-order valence-corrected chi connectivity index (χ0v) is 16.7. The van der Waals surface area contributed by atoms with Gasteiger partial charge in [0.25, 0.3) is 0 Å². The van der Waals surface area contributed by atoms with Crippen LogP contribution in [-0.4, -0.2) is 18.0 Å². The van der Waals surface area contributed by atoms with E-state index in [9.17, 15) is 9.82 Å². The van der Waals surface area contributed by atoms with Gasteiger partial charge in [-0.3, -0.25) is 4.79 Å². The molecule has 3 N–H and O–H groups in total. The van der Waals surface area contributed by atoms with Crippen molar-refractivity contribution in [3.63, 3.8) is 0 Å². The highest BCUT2D eigenvalue weighted by Crippen LogP contribution is 2.24. The largest absolute Gasteiger partial charge is 0.491 e. The molecule has 0 fully saturated rings. The molecular weight excluding hydrogens is 379 g/mol. The Bertz CT molecular complexity index is 1020. The molecule has 0 atom stereocenters. The third kappa shape index (κ3) is 5.07. The molecular formula is C23H23BN2O4. The zero-order valence-electron chi connectivity index (χ0n) is 16.7. The molecule has 4 rings (SSSR count). The maximum Gasteiger partial charge on any atom is 0.491 e. The number of hydrogen-bond acceptors (Lipinski definition) is 5. The van der Waals surface area contributed by atoms with Crippen molar-refractivity contribution in [3.05, 3.63) is 83.4 Å². The van der Waals surface area contributed by atoms with Crippen LogP contribution >= 0.6 is 0 Å². The van der Waals surface area contributed by atoms with Crippen LogP contribution in [0.4, 0.5) is 5.69 Å². The van der Waals surface area contributed by atoms with Crippen molar-refractivity contribution < 1.29 is 19.2 Å². The standard InChI is InChI=1S/C23H23BN2O4/c1-16(27)26-20-6-2-17(3-7-20)13-25-14-18-4-8-21(9-5-18)30-22-10-11-23-19(12-22)15-29-24(23)28/h2-12,25,28H,13-15H2,1H3,(H,26,27). The Labute approximate surface area is 176 Å². The lowest BCUT2D eigenvalue weighted by molar-refractivity contribution is -0.114. The van der Waals surface area contributed by atoms with Crippen LogP contribution in [-0.2, 0) is 29.1 Å². The van der Waals surface area contributed by atoms with Crippen molar-refractivity contribution in [1.82, 2.24) is 5.32 Å². The van der Waals surface area contributed by atoms with E-state index in [4.69, 9.17) is 9.39 Å². The van der Waals surface area contributed by atoms with E-state index >= 15 is 0 Å². The van der Waals surface area contributed by atoms with Crippen molar-refractivity contribution in [3.8, 4) is 11.5 Å². The van der Waals surface area contributed by atoms with Gasteiger partial charge in [0.2, 0.25) is 5.91 Å². The SMILES string of the molecule is CC(=O)Nc1ccc(CNCc2ccc(Oc3ccc4c(c3)COB4O)cc2)cc1. The summed E-state index contributed by atoms with van der Waals surface area (Å²) in [6, 6.07) is 21.3. The van der Waals surface area contributed by atoms with Crippen LogP contribution in [0.2, 0.25) is 0 Å². The van der Waals surface area contributed by atoms with E-state index in [0.29, 0.717) is 6.61 Å². The van der Waals surface area contributed by atoms with E-state index in [1.165, 1.54) is 6.92 Å². The van der Waals surface area contributed by atoms with Gasteiger partial charge in [0.1, 0.15) is 11.5 Å². The number of benzene rings is 3. The summed E-state index contributed by atoms with van der Waals surface area (Å²) in [4.78, 5) is 11.1. The first-order valence-corrected chi connectivity index (χ1v) is 9.83. The molecule has 152 valence electrons. The van der Waals surface area contributed by atoms with Gasteiger partial charge in [-0.05, 0) is 58.6 Å². The van der Waals surface area contributed by atoms with Crippen LogP contribution in [0.15, 0.2) is 66.7 Å². The topological polar surface area (TPSA) is 79.8 Å².